The second kappa shape index (κ2) is 10.4. The van der Waals surface area contributed by atoms with E-state index in [0.717, 1.165) is 37.2 Å². The van der Waals surface area contributed by atoms with Gasteiger partial charge in [0.2, 0.25) is 11.8 Å². The van der Waals surface area contributed by atoms with Crippen LogP contribution in [0.25, 0.3) is 0 Å². The Balaban J connectivity index is 1.47. The van der Waals surface area contributed by atoms with Gasteiger partial charge in [0.1, 0.15) is 18.1 Å². The Hall–Kier alpha value is -2.58. The lowest BCUT2D eigenvalue weighted by Crippen LogP contribution is -2.48. The van der Waals surface area contributed by atoms with Crippen molar-refractivity contribution in [3.05, 3.63) is 46.2 Å². The number of thiophene rings is 1. The molecule has 2 aliphatic heterocycles. The van der Waals surface area contributed by atoms with Gasteiger partial charge >= 0.3 is 0 Å². The predicted molar refractivity (Wildman–Crippen MR) is 122 cm³/mol. The zero-order chi connectivity index (χ0) is 22.5. The summed E-state index contributed by atoms with van der Waals surface area (Å²) in [6.45, 7) is 3.71. The average molecular weight is 459 g/mol. The van der Waals surface area contributed by atoms with E-state index in [9.17, 15) is 9.59 Å². The normalized spacial score (nSPS) is 20.0. The Bertz CT molecular complexity index is 940. The van der Waals surface area contributed by atoms with E-state index < -0.39 is 0 Å². The number of carbonyl (C=O) groups excluding carboxylic acids is 2. The number of methoxy groups -OCH3 is 1. The van der Waals surface area contributed by atoms with Gasteiger partial charge in [0, 0.05) is 37.6 Å². The van der Waals surface area contributed by atoms with Crippen LogP contribution in [-0.2, 0) is 20.7 Å². The second-order valence-electron chi connectivity index (χ2n) is 8.18. The number of fused-ring (bicyclic) bond motifs is 1. The Labute approximate surface area is 192 Å². The van der Waals surface area contributed by atoms with E-state index in [1.54, 1.807) is 23.3 Å². The van der Waals surface area contributed by atoms with E-state index in [-0.39, 0.29) is 30.5 Å². The first-order valence-corrected chi connectivity index (χ1v) is 11.9. The molecule has 1 saturated heterocycles. The second-order valence-corrected chi connectivity index (χ2v) is 9.18. The first-order chi connectivity index (χ1) is 15.5. The van der Waals surface area contributed by atoms with E-state index in [1.807, 2.05) is 29.2 Å². The molecule has 0 aliphatic carbocycles. The molecule has 4 rings (SSSR count). The maximum absolute atomic E-state index is 13.4. The van der Waals surface area contributed by atoms with Gasteiger partial charge in [-0.05, 0) is 48.4 Å². The molecular weight excluding hydrogens is 428 g/mol. The van der Waals surface area contributed by atoms with Crippen LogP contribution in [0.3, 0.4) is 0 Å². The maximum Gasteiger partial charge on any atom is 0.242 e. The van der Waals surface area contributed by atoms with Crippen LogP contribution in [0, 0.1) is 0 Å². The molecule has 2 aromatic rings. The van der Waals surface area contributed by atoms with Gasteiger partial charge in [-0.15, -0.1) is 11.3 Å². The Morgan fingerprint density at radius 1 is 1.28 bits per heavy atom. The van der Waals surface area contributed by atoms with E-state index in [2.05, 4.69) is 11.4 Å². The smallest absolute Gasteiger partial charge is 0.242 e. The van der Waals surface area contributed by atoms with Gasteiger partial charge in [-0.2, -0.15) is 0 Å². The van der Waals surface area contributed by atoms with Gasteiger partial charge in [-0.25, -0.2) is 0 Å². The number of hydrogen-bond acceptors (Lipinski definition) is 6. The quantitative estimate of drug-likeness (QED) is 0.607. The molecule has 8 heteroatoms. The van der Waals surface area contributed by atoms with Crippen molar-refractivity contribution in [2.75, 3.05) is 40.0 Å². The van der Waals surface area contributed by atoms with Crippen molar-refractivity contribution >= 4 is 23.2 Å². The summed E-state index contributed by atoms with van der Waals surface area (Å²) in [6.07, 6.45) is 2.77. The zero-order valence-corrected chi connectivity index (χ0v) is 19.4. The minimum absolute atomic E-state index is 0.0173. The molecular formula is C24H30N2O5S. The van der Waals surface area contributed by atoms with E-state index in [1.165, 1.54) is 11.8 Å². The van der Waals surface area contributed by atoms with E-state index in [4.69, 9.17) is 14.2 Å². The van der Waals surface area contributed by atoms with Crippen molar-refractivity contribution in [1.82, 2.24) is 9.80 Å². The standard InChI is InChI=1S/C24H30N2O5S/c1-17(27)25(14-20-7-4-11-30-20)15-24(28)26-10-8-23-21(9-12-32-23)22(26)16-31-19-6-3-5-18(13-19)29-2/h3,5-6,9,12-13,20,22H,4,7-8,10-11,14-16H2,1-2H3/t20-,22+/m1/s1. The van der Waals surface area contributed by atoms with Crippen LogP contribution >= 0.6 is 11.3 Å². The molecule has 2 amide bonds. The number of rotatable bonds is 8. The van der Waals surface area contributed by atoms with Crippen LogP contribution in [0.4, 0.5) is 0 Å². The molecule has 1 aromatic heterocycles. The van der Waals surface area contributed by atoms with Crippen molar-refractivity contribution in [3.63, 3.8) is 0 Å². The predicted octanol–water partition coefficient (Wildman–Crippen LogP) is 3.29. The largest absolute Gasteiger partial charge is 0.497 e. The van der Waals surface area contributed by atoms with Gasteiger partial charge in [0.25, 0.3) is 0 Å². The molecule has 3 heterocycles. The van der Waals surface area contributed by atoms with Crippen molar-refractivity contribution < 1.29 is 23.8 Å². The lowest BCUT2D eigenvalue weighted by atomic mass is 10.0. The molecule has 32 heavy (non-hydrogen) atoms. The highest BCUT2D eigenvalue weighted by molar-refractivity contribution is 7.10. The highest BCUT2D eigenvalue weighted by atomic mass is 32.1. The summed E-state index contributed by atoms with van der Waals surface area (Å²) in [5.41, 5.74) is 1.13. The summed E-state index contributed by atoms with van der Waals surface area (Å²) in [6, 6.07) is 9.34. The Morgan fingerprint density at radius 2 is 2.12 bits per heavy atom. The van der Waals surface area contributed by atoms with Crippen molar-refractivity contribution in [1.29, 1.82) is 0 Å². The minimum Gasteiger partial charge on any atom is -0.497 e. The Kier molecular flexibility index (Phi) is 7.32. The fraction of sp³-hybridized carbons (Fsp3) is 0.500. The van der Waals surface area contributed by atoms with Crippen LogP contribution in [0.5, 0.6) is 11.5 Å². The lowest BCUT2D eigenvalue weighted by Gasteiger charge is -2.37. The number of nitrogens with zero attached hydrogens (tertiary/aromatic N) is 2. The van der Waals surface area contributed by atoms with Crippen molar-refractivity contribution in [2.45, 2.75) is 38.3 Å². The number of amides is 2. The van der Waals surface area contributed by atoms with Gasteiger partial charge in [-0.1, -0.05) is 6.07 Å². The third-order valence-corrected chi connectivity index (χ3v) is 7.08. The topological polar surface area (TPSA) is 68.3 Å². The monoisotopic (exact) mass is 458 g/mol. The molecule has 7 nitrogen and oxygen atoms in total. The first-order valence-electron chi connectivity index (χ1n) is 11.0. The van der Waals surface area contributed by atoms with Crippen molar-refractivity contribution in [2.24, 2.45) is 0 Å². The molecule has 0 N–H and O–H groups in total. The van der Waals surface area contributed by atoms with Crippen LogP contribution in [0.15, 0.2) is 35.7 Å². The van der Waals surface area contributed by atoms with Crippen LogP contribution in [0.1, 0.15) is 36.2 Å². The molecule has 2 aliphatic rings. The zero-order valence-electron chi connectivity index (χ0n) is 18.6. The van der Waals surface area contributed by atoms with Crippen molar-refractivity contribution in [3.8, 4) is 11.5 Å². The molecule has 0 bridgehead atoms. The van der Waals surface area contributed by atoms with Gasteiger partial charge in [0.15, 0.2) is 0 Å². The summed E-state index contributed by atoms with van der Waals surface area (Å²) in [4.78, 5) is 30.3. The molecule has 0 unspecified atom stereocenters. The molecule has 0 spiro atoms. The molecule has 0 saturated carbocycles. The SMILES string of the molecule is COc1cccc(OC[C@H]2c3ccsc3CCN2C(=O)CN(C[C@H]2CCCO2)C(C)=O)c1. The number of benzene rings is 1. The summed E-state index contributed by atoms with van der Waals surface area (Å²) < 4.78 is 17.0. The summed E-state index contributed by atoms with van der Waals surface area (Å²) in [7, 11) is 1.62. The minimum atomic E-state index is -0.194. The van der Waals surface area contributed by atoms with Gasteiger partial charge in [-0.3, -0.25) is 9.59 Å². The summed E-state index contributed by atoms with van der Waals surface area (Å²) in [5, 5.41) is 2.07. The average Bonchev–Trinajstić information content (AvgIpc) is 3.49. The summed E-state index contributed by atoms with van der Waals surface area (Å²) in [5.74, 6) is 1.25. The third kappa shape index (κ3) is 5.24. The number of ether oxygens (including phenoxy) is 3. The molecule has 172 valence electrons. The molecule has 1 aromatic carbocycles. The fourth-order valence-electron chi connectivity index (χ4n) is 4.33. The number of carbonyl (C=O) groups is 2. The molecule has 1 fully saturated rings. The lowest BCUT2D eigenvalue weighted by molar-refractivity contribution is -0.142. The third-order valence-electron chi connectivity index (χ3n) is 6.08. The highest BCUT2D eigenvalue weighted by Gasteiger charge is 2.33. The summed E-state index contributed by atoms with van der Waals surface area (Å²) >= 11 is 1.72. The first kappa shape index (κ1) is 22.6. The maximum atomic E-state index is 13.4. The van der Waals surface area contributed by atoms with Gasteiger partial charge in [0.05, 0.1) is 25.8 Å². The molecule has 0 radical (unpaired) electrons. The molecule has 2 atom stereocenters. The van der Waals surface area contributed by atoms with Crippen LogP contribution in [0.2, 0.25) is 0 Å². The van der Waals surface area contributed by atoms with E-state index >= 15 is 0 Å². The van der Waals surface area contributed by atoms with Crippen LogP contribution < -0.4 is 9.47 Å². The Morgan fingerprint density at radius 3 is 2.88 bits per heavy atom. The fourth-order valence-corrected chi connectivity index (χ4v) is 5.26. The van der Waals surface area contributed by atoms with Crippen LogP contribution in [-0.4, -0.2) is 67.7 Å². The number of hydrogen-bond donors (Lipinski definition) is 0. The van der Waals surface area contributed by atoms with E-state index in [0.29, 0.717) is 25.4 Å². The van der Waals surface area contributed by atoms with Gasteiger partial charge < -0.3 is 24.0 Å². The highest BCUT2D eigenvalue weighted by Crippen LogP contribution is 2.34.